The fourth-order valence-corrected chi connectivity index (χ4v) is 3.87. The summed E-state index contributed by atoms with van der Waals surface area (Å²) in [6.45, 7) is 12.3. The summed E-state index contributed by atoms with van der Waals surface area (Å²) < 4.78 is 0. The van der Waals surface area contributed by atoms with Crippen molar-refractivity contribution < 1.29 is 0 Å². The van der Waals surface area contributed by atoms with Crippen LogP contribution in [0, 0.1) is 11.3 Å². The summed E-state index contributed by atoms with van der Waals surface area (Å²) in [6, 6.07) is 0.785. The van der Waals surface area contributed by atoms with Crippen molar-refractivity contribution in [2.75, 3.05) is 26.2 Å². The Bertz CT molecular complexity index is 265. The van der Waals surface area contributed by atoms with Gasteiger partial charge in [0.15, 0.2) is 0 Å². The van der Waals surface area contributed by atoms with Crippen molar-refractivity contribution in [3.05, 3.63) is 0 Å². The number of nitrogens with zero attached hydrogens (tertiary/aromatic N) is 1. The average Bonchev–Trinajstić information content (AvgIpc) is 2.64. The molecule has 0 aromatic rings. The number of hydrogen-bond donors (Lipinski definition) is 1. The Morgan fingerprint density at radius 2 is 1.75 bits per heavy atom. The Morgan fingerprint density at radius 1 is 1.05 bits per heavy atom. The quantitative estimate of drug-likeness (QED) is 0.764. The van der Waals surface area contributed by atoms with Crippen LogP contribution < -0.4 is 5.32 Å². The van der Waals surface area contributed by atoms with E-state index in [9.17, 15) is 0 Å². The molecule has 1 aliphatic carbocycles. The second-order valence-corrected chi connectivity index (χ2v) is 7.92. The number of hydrogen-bond acceptors (Lipinski definition) is 2. The van der Waals surface area contributed by atoms with Gasteiger partial charge in [-0.3, -0.25) is 0 Å². The van der Waals surface area contributed by atoms with Crippen molar-refractivity contribution in [1.82, 2.24) is 10.2 Å². The average molecular weight is 280 g/mol. The molecule has 1 aliphatic heterocycles. The lowest BCUT2D eigenvalue weighted by atomic mass is 9.82. The molecule has 2 unspecified atom stereocenters. The molecule has 2 fully saturated rings. The van der Waals surface area contributed by atoms with E-state index in [1.165, 1.54) is 77.5 Å². The Balaban J connectivity index is 1.84. The lowest BCUT2D eigenvalue weighted by Crippen LogP contribution is -2.45. The first-order valence-electron chi connectivity index (χ1n) is 9.06. The lowest BCUT2D eigenvalue weighted by Gasteiger charge is -2.39. The summed E-state index contributed by atoms with van der Waals surface area (Å²) in [7, 11) is 0. The van der Waals surface area contributed by atoms with E-state index in [2.05, 4.69) is 31.0 Å². The molecule has 0 amide bonds. The molecule has 0 aromatic heterocycles. The molecule has 1 heterocycles. The van der Waals surface area contributed by atoms with E-state index in [1.807, 2.05) is 0 Å². The van der Waals surface area contributed by atoms with Gasteiger partial charge in [0, 0.05) is 12.6 Å². The van der Waals surface area contributed by atoms with Gasteiger partial charge in [-0.15, -0.1) is 0 Å². The Hall–Kier alpha value is -0.0800. The molecule has 1 N–H and O–H groups in total. The summed E-state index contributed by atoms with van der Waals surface area (Å²) in [5.74, 6) is 0.894. The van der Waals surface area contributed by atoms with Crippen molar-refractivity contribution in [3.8, 4) is 0 Å². The lowest BCUT2D eigenvalue weighted by molar-refractivity contribution is 0.106. The number of piperidine rings is 1. The van der Waals surface area contributed by atoms with E-state index in [0.717, 1.165) is 12.0 Å². The normalized spacial score (nSPS) is 31.9. The molecule has 2 nitrogen and oxygen atoms in total. The summed E-state index contributed by atoms with van der Waals surface area (Å²) in [4.78, 5) is 2.75. The third-order valence-electron chi connectivity index (χ3n) is 5.52. The zero-order valence-electron chi connectivity index (χ0n) is 14.1. The fraction of sp³-hybridized carbons (Fsp3) is 1.00. The van der Waals surface area contributed by atoms with Gasteiger partial charge >= 0.3 is 0 Å². The van der Waals surface area contributed by atoms with E-state index in [-0.39, 0.29) is 0 Å². The second kappa shape index (κ2) is 7.79. The molecule has 2 rings (SSSR count). The van der Waals surface area contributed by atoms with Gasteiger partial charge in [-0.2, -0.15) is 0 Å². The van der Waals surface area contributed by atoms with Gasteiger partial charge in [-0.05, 0) is 63.1 Å². The van der Waals surface area contributed by atoms with Crippen LogP contribution in [0.5, 0.6) is 0 Å². The van der Waals surface area contributed by atoms with Crippen LogP contribution in [-0.4, -0.2) is 37.1 Å². The molecule has 0 aromatic carbocycles. The Labute approximate surface area is 126 Å². The monoisotopic (exact) mass is 280 g/mol. The maximum Gasteiger partial charge on any atom is 0.0107 e. The molecule has 2 atom stereocenters. The maximum atomic E-state index is 3.84. The van der Waals surface area contributed by atoms with Gasteiger partial charge in [-0.25, -0.2) is 0 Å². The molecule has 2 heteroatoms. The van der Waals surface area contributed by atoms with Gasteiger partial charge in [0.1, 0.15) is 0 Å². The third-order valence-corrected chi connectivity index (χ3v) is 5.52. The molecule has 0 spiro atoms. The number of rotatable bonds is 5. The van der Waals surface area contributed by atoms with Crippen LogP contribution in [0.1, 0.15) is 72.1 Å². The largest absolute Gasteiger partial charge is 0.314 e. The molecular formula is C18H36N2. The van der Waals surface area contributed by atoms with Crippen LogP contribution in [0.2, 0.25) is 0 Å². The zero-order valence-corrected chi connectivity index (χ0v) is 14.1. The molecule has 20 heavy (non-hydrogen) atoms. The van der Waals surface area contributed by atoms with Crippen LogP contribution in [0.25, 0.3) is 0 Å². The smallest absolute Gasteiger partial charge is 0.0107 e. The molecule has 0 radical (unpaired) electrons. The van der Waals surface area contributed by atoms with E-state index in [1.54, 1.807) is 0 Å². The first-order valence-corrected chi connectivity index (χ1v) is 9.06. The number of nitrogens with one attached hydrogen (secondary N) is 1. The topological polar surface area (TPSA) is 15.3 Å². The predicted molar refractivity (Wildman–Crippen MR) is 88.1 cm³/mol. The van der Waals surface area contributed by atoms with E-state index < -0.39 is 0 Å². The van der Waals surface area contributed by atoms with Crippen LogP contribution >= 0.6 is 0 Å². The summed E-state index contributed by atoms with van der Waals surface area (Å²) in [5.41, 5.74) is 0.583. The van der Waals surface area contributed by atoms with Crippen LogP contribution in [0.3, 0.4) is 0 Å². The Kier molecular flexibility index (Phi) is 6.35. The highest BCUT2D eigenvalue weighted by Crippen LogP contribution is 2.31. The maximum absolute atomic E-state index is 3.84. The van der Waals surface area contributed by atoms with Gasteiger partial charge in [0.25, 0.3) is 0 Å². The molecule has 0 bridgehead atoms. The third kappa shape index (κ3) is 5.04. The van der Waals surface area contributed by atoms with Gasteiger partial charge in [-0.1, -0.05) is 40.0 Å². The minimum absolute atomic E-state index is 0.583. The highest BCUT2D eigenvalue weighted by Gasteiger charge is 2.29. The Morgan fingerprint density at radius 3 is 2.45 bits per heavy atom. The summed E-state index contributed by atoms with van der Waals surface area (Å²) >= 11 is 0. The van der Waals surface area contributed by atoms with Crippen molar-refractivity contribution in [2.45, 2.75) is 78.2 Å². The van der Waals surface area contributed by atoms with E-state index >= 15 is 0 Å². The van der Waals surface area contributed by atoms with Crippen molar-refractivity contribution in [3.63, 3.8) is 0 Å². The minimum atomic E-state index is 0.583. The minimum Gasteiger partial charge on any atom is -0.314 e. The second-order valence-electron chi connectivity index (χ2n) is 7.92. The molecule has 1 saturated heterocycles. The van der Waals surface area contributed by atoms with Crippen molar-refractivity contribution >= 4 is 0 Å². The fourth-order valence-electron chi connectivity index (χ4n) is 3.87. The predicted octanol–water partition coefficient (Wildman–Crippen LogP) is 4.06. The molecule has 118 valence electrons. The van der Waals surface area contributed by atoms with Crippen LogP contribution in [0.15, 0.2) is 0 Å². The van der Waals surface area contributed by atoms with E-state index in [4.69, 9.17) is 0 Å². The zero-order chi connectivity index (χ0) is 14.4. The van der Waals surface area contributed by atoms with Crippen molar-refractivity contribution in [2.24, 2.45) is 11.3 Å². The first-order chi connectivity index (χ1) is 9.61. The van der Waals surface area contributed by atoms with E-state index in [0.29, 0.717) is 5.41 Å². The molecule has 1 saturated carbocycles. The summed E-state index contributed by atoms with van der Waals surface area (Å²) in [6.07, 6.45) is 11.2. The highest BCUT2D eigenvalue weighted by molar-refractivity contribution is 4.85. The van der Waals surface area contributed by atoms with Crippen molar-refractivity contribution in [1.29, 1.82) is 0 Å². The van der Waals surface area contributed by atoms with Crippen LogP contribution in [-0.2, 0) is 0 Å². The van der Waals surface area contributed by atoms with Gasteiger partial charge < -0.3 is 10.2 Å². The number of likely N-dealkylation sites (tertiary alicyclic amines) is 1. The molecular weight excluding hydrogens is 244 g/mol. The van der Waals surface area contributed by atoms with Crippen LogP contribution in [0.4, 0.5) is 0 Å². The standard InChI is InChI=1S/C18H36N2/c1-4-12-19-17-9-7-5-6-8-16(17)15-20-13-10-18(2,3)11-14-20/h16-17,19H,4-15H2,1-3H3. The van der Waals surface area contributed by atoms with Gasteiger partial charge in [0.2, 0.25) is 0 Å². The summed E-state index contributed by atoms with van der Waals surface area (Å²) in [5, 5.41) is 3.84. The first kappa shape index (κ1) is 16.3. The molecule has 2 aliphatic rings. The SMILES string of the molecule is CCCNC1CCCCCC1CN1CCC(C)(C)CC1. The highest BCUT2D eigenvalue weighted by atomic mass is 15.1. The van der Waals surface area contributed by atoms with Gasteiger partial charge in [0.05, 0.1) is 0 Å².